The molecule has 39 heavy (non-hydrogen) atoms. The zero-order chi connectivity index (χ0) is 28.4. The number of allylic oxidation sites excluding steroid dienone is 1. The van der Waals surface area contributed by atoms with Crippen molar-refractivity contribution in [2.24, 2.45) is 5.41 Å². The highest BCUT2D eigenvalue weighted by atomic mass is 35.5. The summed E-state index contributed by atoms with van der Waals surface area (Å²) in [6.07, 6.45) is 4.84. The maximum atomic E-state index is 14.6. The van der Waals surface area contributed by atoms with Gasteiger partial charge in [-0.15, -0.1) is 6.58 Å². The van der Waals surface area contributed by atoms with Crippen molar-refractivity contribution in [3.8, 4) is 0 Å². The van der Waals surface area contributed by atoms with Gasteiger partial charge in [0.15, 0.2) is 0 Å². The van der Waals surface area contributed by atoms with Gasteiger partial charge in [-0.05, 0) is 73.9 Å². The molecule has 1 N–H and O–H groups in total. The Morgan fingerprint density at radius 1 is 1.15 bits per heavy atom. The topological polar surface area (TPSA) is 77.9 Å². The van der Waals surface area contributed by atoms with E-state index in [4.69, 9.17) is 23.2 Å². The molecular formula is C30H38Cl2N2O4S. The number of aliphatic hydroxyl groups excluding tert-OH is 1. The molecule has 6 nitrogen and oxygen atoms in total. The van der Waals surface area contributed by atoms with Gasteiger partial charge in [0.2, 0.25) is 15.9 Å². The normalized spacial score (nSPS) is 24.7. The number of sulfonamides is 1. The Morgan fingerprint density at radius 3 is 2.41 bits per heavy atom. The summed E-state index contributed by atoms with van der Waals surface area (Å²) < 4.78 is 27.6. The molecular weight excluding hydrogens is 555 g/mol. The van der Waals surface area contributed by atoms with Gasteiger partial charge in [-0.3, -0.25) is 4.79 Å². The summed E-state index contributed by atoms with van der Waals surface area (Å²) in [5.41, 5.74) is 1.02. The number of carbonyl (C=O) groups excluding carboxylic acids is 1. The molecule has 4 atom stereocenters. The number of amides is 1. The molecule has 2 aliphatic rings. The molecule has 212 valence electrons. The first kappa shape index (κ1) is 30.1. The van der Waals surface area contributed by atoms with Crippen molar-refractivity contribution in [3.05, 3.63) is 82.4 Å². The number of rotatable bonds is 12. The molecule has 0 aromatic heterocycles. The number of aliphatic hydroxyl groups is 1. The minimum absolute atomic E-state index is 0.0845. The number of hydrogen-bond acceptors (Lipinski definition) is 4. The van der Waals surface area contributed by atoms with Crippen LogP contribution in [0.5, 0.6) is 0 Å². The number of benzene rings is 2. The van der Waals surface area contributed by atoms with Crippen LogP contribution in [0.25, 0.3) is 0 Å². The zero-order valence-corrected chi connectivity index (χ0v) is 24.9. The fourth-order valence-electron chi connectivity index (χ4n) is 6.10. The highest BCUT2D eigenvalue weighted by Crippen LogP contribution is 2.53. The molecule has 0 unspecified atom stereocenters. The van der Waals surface area contributed by atoms with Gasteiger partial charge in [0.05, 0.1) is 16.7 Å². The van der Waals surface area contributed by atoms with E-state index in [1.54, 1.807) is 13.1 Å². The second-order valence-corrected chi connectivity index (χ2v) is 14.1. The number of hydrogen-bond donors (Lipinski definition) is 1. The molecule has 1 aliphatic heterocycles. The van der Waals surface area contributed by atoms with E-state index in [0.717, 1.165) is 11.1 Å². The number of likely N-dealkylation sites (tertiary alicyclic amines) is 1. The highest BCUT2D eigenvalue weighted by molar-refractivity contribution is 7.90. The first-order valence-corrected chi connectivity index (χ1v) is 15.8. The summed E-state index contributed by atoms with van der Waals surface area (Å²) >= 11 is 12.7. The number of nitrogens with zero attached hydrogens (tertiary/aromatic N) is 2. The summed E-state index contributed by atoms with van der Waals surface area (Å²) in [6, 6.07) is 14.4. The molecule has 1 heterocycles. The average Bonchev–Trinajstić information content (AvgIpc) is 3.76. The van der Waals surface area contributed by atoms with E-state index in [1.165, 1.54) is 4.31 Å². The number of likely N-dealkylation sites (N-methyl/N-ethyl adjacent to an activating group) is 1. The summed E-state index contributed by atoms with van der Waals surface area (Å²) in [4.78, 5) is 16.5. The van der Waals surface area contributed by atoms with Crippen molar-refractivity contribution in [2.75, 3.05) is 20.2 Å². The van der Waals surface area contributed by atoms with E-state index in [2.05, 4.69) is 6.58 Å². The summed E-state index contributed by atoms with van der Waals surface area (Å²) in [6.45, 7) is 5.97. The highest BCUT2D eigenvalue weighted by Gasteiger charge is 2.53. The molecule has 2 aromatic rings. The Balaban J connectivity index is 1.89. The van der Waals surface area contributed by atoms with Gasteiger partial charge in [-0.2, -0.15) is 0 Å². The third-order valence-corrected chi connectivity index (χ3v) is 11.1. The molecule has 2 fully saturated rings. The first-order chi connectivity index (χ1) is 18.6. The Bertz CT molecular complexity index is 1280. The Labute approximate surface area is 242 Å². The van der Waals surface area contributed by atoms with E-state index >= 15 is 0 Å². The van der Waals surface area contributed by atoms with Crippen LogP contribution in [0, 0.1) is 5.41 Å². The number of piperidine rings is 1. The summed E-state index contributed by atoms with van der Waals surface area (Å²) in [5, 5.41) is 11.0. The number of halogens is 2. The number of carbonyl (C=O) groups is 1. The molecule has 1 aliphatic carbocycles. The second kappa shape index (κ2) is 12.3. The Hall–Kier alpha value is -1.90. The van der Waals surface area contributed by atoms with E-state index < -0.39 is 15.4 Å². The van der Waals surface area contributed by atoms with Crippen LogP contribution >= 0.6 is 23.2 Å². The van der Waals surface area contributed by atoms with Crippen LogP contribution in [0.4, 0.5) is 0 Å². The van der Waals surface area contributed by atoms with Gasteiger partial charge < -0.3 is 10.0 Å². The molecule has 4 rings (SSSR count). The predicted octanol–water partition coefficient (Wildman–Crippen LogP) is 6.20. The van der Waals surface area contributed by atoms with Crippen LogP contribution in [-0.2, 0) is 14.8 Å². The lowest BCUT2D eigenvalue weighted by Crippen LogP contribution is -2.58. The van der Waals surface area contributed by atoms with Crippen LogP contribution < -0.4 is 0 Å². The quantitative estimate of drug-likeness (QED) is 0.298. The molecule has 1 saturated heterocycles. The summed E-state index contributed by atoms with van der Waals surface area (Å²) in [7, 11) is -1.82. The van der Waals surface area contributed by atoms with E-state index in [1.807, 2.05) is 60.4 Å². The van der Waals surface area contributed by atoms with Crippen LogP contribution in [0.1, 0.15) is 68.5 Å². The van der Waals surface area contributed by atoms with Crippen LogP contribution in [0.3, 0.4) is 0 Å². The van der Waals surface area contributed by atoms with Crippen LogP contribution in [0.2, 0.25) is 10.0 Å². The zero-order valence-electron chi connectivity index (χ0n) is 22.6. The lowest BCUT2D eigenvalue weighted by atomic mass is 9.64. The Morgan fingerprint density at radius 2 is 1.85 bits per heavy atom. The van der Waals surface area contributed by atoms with Crippen molar-refractivity contribution in [3.63, 3.8) is 0 Å². The van der Waals surface area contributed by atoms with E-state index in [0.29, 0.717) is 42.1 Å². The molecule has 2 aromatic carbocycles. The average molecular weight is 594 g/mol. The van der Waals surface area contributed by atoms with Gasteiger partial charge in [-0.1, -0.05) is 60.5 Å². The molecule has 9 heteroatoms. The standard InChI is InChI=1S/C30H38Cl2N2O4S/c1-4-15-30(16-17-35)19-27(22-7-6-8-24(32)18-22)28(21-9-11-23(31)12-10-21)34(29(30)36)25(5-2)20-33(3)39(37,38)26-13-14-26/h4,6-12,18,25-28,35H,1,5,13-17,19-20H2,2-3H3/t25-,27-,28-,30+/m1/s1. The van der Waals surface area contributed by atoms with Gasteiger partial charge in [-0.25, -0.2) is 12.7 Å². The maximum absolute atomic E-state index is 14.6. The predicted molar refractivity (Wildman–Crippen MR) is 157 cm³/mol. The van der Waals surface area contributed by atoms with Crippen molar-refractivity contribution >= 4 is 39.1 Å². The second-order valence-electron chi connectivity index (χ2n) is 10.9. The molecule has 1 saturated carbocycles. The fourth-order valence-corrected chi connectivity index (χ4v) is 8.05. The third kappa shape index (κ3) is 6.23. The van der Waals surface area contributed by atoms with Gasteiger partial charge >= 0.3 is 0 Å². The van der Waals surface area contributed by atoms with Crippen LogP contribution in [0.15, 0.2) is 61.2 Å². The minimum Gasteiger partial charge on any atom is -0.396 e. The molecule has 0 radical (unpaired) electrons. The summed E-state index contributed by atoms with van der Waals surface area (Å²) in [5.74, 6) is -0.243. The molecule has 0 bridgehead atoms. The Kier molecular flexibility index (Phi) is 9.49. The van der Waals surface area contributed by atoms with Crippen LogP contribution in [-0.4, -0.2) is 60.1 Å². The van der Waals surface area contributed by atoms with Crippen molar-refractivity contribution in [1.29, 1.82) is 0 Å². The molecule has 1 amide bonds. The van der Waals surface area contributed by atoms with Crippen molar-refractivity contribution in [1.82, 2.24) is 9.21 Å². The van der Waals surface area contributed by atoms with Gasteiger partial charge in [0, 0.05) is 42.2 Å². The lowest BCUT2D eigenvalue weighted by Gasteiger charge is -2.53. The largest absolute Gasteiger partial charge is 0.396 e. The monoisotopic (exact) mass is 592 g/mol. The van der Waals surface area contributed by atoms with E-state index in [-0.39, 0.29) is 48.7 Å². The van der Waals surface area contributed by atoms with Gasteiger partial charge in [0.1, 0.15) is 0 Å². The smallest absolute Gasteiger partial charge is 0.230 e. The fraction of sp³-hybridized carbons (Fsp3) is 0.500. The SMILES string of the molecule is C=CC[C@]1(CCO)C[C@H](c2cccc(Cl)c2)[C@@H](c2ccc(Cl)cc2)N([C@H](CC)CN(C)S(=O)(=O)C2CC2)C1=O. The first-order valence-electron chi connectivity index (χ1n) is 13.6. The lowest BCUT2D eigenvalue weighted by molar-refractivity contribution is -0.157. The van der Waals surface area contributed by atoms with Crippen molar-refractivity contribution in [2.45, 2.75) is 68.7 Å². The maximum Gasteiger partial charge on any atom is 0.230 e. The third-order valence-electron chi connectivity index (χ3n) is 8.31. The van der Waals surface area contributed by atoms with Gasteiger partial charge in [0.25, 0.3) is 0 Å². The van der Waals surface area contributed by atoms with Crippen molar-refractivity contribution < 1.29 is 18.3 Å². The van der Waals surface area contributed by atoms with E-state index in [9.17, 15) is 18.3 Å². The minimum atomic E-state index is -3.43. The molecule has 0 spiro atoms.